The molecule has 0 bridgehead atoms. The van der Waals surface area contributed by atoms with Crippen molar-refractivity contribution in [3.05, 3.63) is 115 Å². The standard InChI is InChI=1S/C30H25N3/c1-21(2)28-31-29(26-11-7-4-8-12-26)33-30(32-28)27-19-17-25(18-20-27)24-15-13-23(14-16-24)22-9-5-3-6-10-22/h3-21H,1-2H3. The molecule has 0 aliphatic rings. The first-order valence-corrected chi connectivity index (χ1v) is 11.2. The molecule has 33 heavy (non-hydrogen) atoms. The Balaban J connectivity index is 1.45. The van der Waals surface area contributed by atoms with Gasteiger partial charge in [-0.15, -0.1) is 0 Å². The first-order chi connectivity index (χ1) is 16.2. The number of rotatable bonds is 5. The van der Waals surface area contributed by atoms with Gasteiger partial charge in [0.2, 0.25) is 0 Å². The van der Waals surface area contributed by atoms with E-state index < -0.39 is 0 Å². The molecule has 3 heteroatoms. The summed E-state index contributed by atoms with van der Waals surface area (Å²) in [5.41, 5.74) is 6.78. The maximum Gasteiger partial charge on any atom is 0.163 e. The van der Waals surface area contributed by atoms with Crippen molar-refractivity contribution in [1.82, 2.24) is 15.0 Å². The van der Waals surface area contributed by atoms with Crippen molar-refractivity contribution in [1.29, 1.82) is 0 Å². The monoisotopic (exact) mass is 427 g/mol. The summed E-state index contributed by atoms with van der Waals surface area (Å²) in [4.78, 5) is 14.2. The van der Waals surface area contributed by atoms with Crippen molar-refractivity contribution in [3.63, 3.8) is 0 Å². The lowest BCUT2D eigenvalue weighted by Gasteiger charge is -2.10. The Morgan fingerprint density at radius 3 is 1.15 bits per heavy atom. The van der Waals surface area contributed by atoms with Crippen molar-refractivity contribution < 1.29 is 0 Å². The van der Waals surface area contributed by atoms with E-state index in [2.05, 4.69) is 86.6 Å². The molecule has 0 amide bonds. The summed E-state index contributed by atoms with van der Waals surface area (Å²) >= 11 is 0. The van der Waals surface area contributed by atoms with Crippen LogP contribution in [0, 0.1) is 0 Å². The van der Waals surface area contributed by atoms with Gasteiger partial charge in [-0.05, 0) is 22.3 Å². The summed E-state index contributed by atoms with van der Waals surface area (Å²) in [6.45, 7) is 4.21. The highest BCUT2D eigenvalue weighted by atomic mass is 15.0. The van der Waals surface area contributed by atoms with Gasteiger partial charge < -0.3 is 0 Å². The molecule has 0 unspecified atom stereocenters. The number of hydrogen-bond donors (Lipinski definition) is 0. The van der Waals surface area contributed by atoms with E-state index in [9.17, 15) is 0 Å². The smallest absolute Gasteiger partial charge is 0.163 e. The fraction of sp³-hybridized carbons (Fsp3) is 0.100. The maximum absolute atomic E-state index is 4.78. The molecular formula is C30H25N3. The third-order valence-corrected chi connectivity index (χ3v) is 5.67. The summed E-state index contributed by atoms with van der Waals surface area (Å²) in [7, 11) is 0. The molecule has 0 radical (unpaired) electrons. The topological polar surface area (TPSA) is 38.7 Å². The first kappa shape index (κ1) is 20.8. The van der Waals surface area contributed by atoms with E-state index in [0.29, 0.717) is 11.6 Å². The molecule has 0 fully saturated rings. The minimum Gasteiger partial charge on any atom is -0.213 e. The second kappa shape index (κ2) is 9.17. The van der Waals surface area contributed by atoms with E-state index in [-0.39, 0.29) is 5.92 Å². The minimum absolute atomic E-state index is 0.219. The van der Waals surface area contributed by atoms with Crippen LogP contribution in [0.4, 0.5) is 0 Å². The van der Waals surface area contributed by atoms with E-state index in [1.807, 2.05) is 36.4 Å². The molecule has 1 heterocycles. The molecule has 0 aliphatic heterocycles. The fourth-order valence-corrected chi connectivity index (χ4v) is 3.79. The summed E-state index contributed by atoms with van der Waals surface area (Å²) < 4.78 is 0. The summed E-state index contributed by atoms with van der Waals surface area (Å²) in [6.07, 6.45) is 0. The Hall–Kier alpha value is -4.11. The molecule has 0 saturated carbocycles. The number of hydrogen-bond acceptors (Lipinski definition) is 3. The predicted molar refractivity (Wildman–Crippen MR) is 136 cm³/mol. The third kappa shape index (κ3) is 4.58. The zero-order valence-electron chi connectivity index (χ0n) is 18.8. The molecule has 0 atom stereocenters. The van der Waals surface area contributed by atoms with Crippen LogP contribution in [0.15, 0.2) is 109 Å². The van der Waals surface area contributed by atoms with Crippen molar-refractivity contribution in [2.24, 2.45) is 0 Å². The van der Waals surface area contributed by atoms with Crippen LogP contribution in [0.3, 0.4) is 0 Å². The SMILES string of the molecule is CC(C)c1nc(-c2ccccc2)nc(-c2ccc(-c3ccc(-c4ccccc4)cc3)cc2)n1. The van der Waals surface area contributed by atoms with Crippen molar-refractivity contribution in [2.75, 3.05) is 0 Å². The summed E-state index contributed by atoms with van der Waals surface area (Å²) in [6, 6.07) is 37.7. The van der Waals surface area contributed by atoms with Crippen LogP contribution in [0.25, 0.3) is 45.0 Å². The first-order valence-electron chi connectivity index (χ1n) is 11.2. The zero-order chi connectivity index (χ0) is 22.6. The number of nitrogens with zero attached hydrogens (tertiary/aromatic N) is 3. The number of benzene rings is 4. The van der Waals surface area contributed by atoms with Gasteiger partial charge in [-0.25, -0.2) is 15.0 Å². The average Bonchev–Trinajstić information content (AvgIpc) is 2.89. The van der Waals surface area contributed by atoms with Gasteiger partial charge in [0.15, 0.2) is 11.6 Å². The van der Waals surface area contributed by atoms with Gasteiger partial charge >= 0.3 is 0 Å². The van der Waals surface area contributed by atoms with Crippen molar-refractivity contribution >= 4 is 0 Å². The highest BCUT2D eigenvalue weighted by molar-refractivity contribution is 5.72. The zero-order valence-corrected chi connectivity index (χ0v) is 18.8. The fourth-order valence-electron chi connectivity index (χ4n) is 3.79. The van der Waals surface area contributed by atoms with E-state index in [0.717, 1.165) is 17.0 Å². The van der Waals surface area contributed by atoms with Gasteiger partial charge in [0, 0.05) is 17.0 Å². The number of aromatic nitrogens is 3. The maximum atomic E-state index is 4.78. The second-order valence-corrected chi connectivity index (χ2v) is 8.38. The van der Waals surface area contributed by atoms with Gasteiger partial charge in [-0.1, -0.05) is 123 Å². The molecule has 0 N–H and O–H groups in total. The largest absolute Gasteiger partial charge is 0.213 e. The van der Waals surface area contributed by atoms with Crippen LogP contribution in [0.5, 0.6) is 0 Å². The lowest BCUT2D eigenvalue weighted by molar-refractivity contribution is 0.766. The Morgan fingerprint density at radius 1 is 0.394 bits per heavy atom. The van der Waals surface area contributed by atoms with Crippen molar-refractivity contribution in [3.8, 4) is 45.0 Å². The van der Waals surface area contributed by atoms with Gasteiger partial charge in [0.25, 0.3) is 0 Å². The summed E-state index contributed by atoms with van der Waals surface area (Å²) in [5.74, 6) is 2.44. The lowest BCUT2D eigenvalue weighted by atomic mass is 9.99. The lowest BCUT2D eigenvalue weighted by Crippen LogP contribution is -2.04. The molecular weight excluding hydrogens is 402 g/mol. The second-order valence-electron chi connectivity index (χ2n) is 8.38. The molecule has 0 saturated heterocycles. The van der Waals surface area contributed by atoms with Crippen LogP contribution in [0.1, 0.15) is 25.6 Å². The molecule has 1 aromatic heterocycles. The van der Waals surface area contributed by atoms with Crippen molar-refractivity contribution in [2.45, 2.75) is 19.8 Å². The highest BCUT2D eigenvalue weighted by Crippen LogP contribution is 2.28. The molecule has 160 valence electrons. The van der Waals surface area contributed by atoms with E-state index in [1.54, 1.807) is 0 Å². The Morgan fingerprint density at radius 2 is 0.727 bits per heavy atom. The van der Waals surface area contributed by atoms with E-state index in [4.69, 9.17) is 15.0 Å². The van der Waals surface area contributed by atoms with Crippen LogP contribution in [-0.4, -0.2) is 15.0 Å². The Kier molecular flexibility index (Phi) is 5.77. The van der Waals surface area contributed by atoms with Gasteiger partial charge in [-0.3, -0.25) is 0 Å². The van der Waals surface area contributed by atoms with Crippen LogP contribution < -0.4 is 0 Å². The van der Waals surface area contributed by atoms with Gasteiger partial charge in [0.05, 0.1) is 0 Å². The Bertz CT molecular complexity index is 1340. The van der Waals surface area contributed by atoms with E-state index >= 15 is 0 Å². The minimum atomic E-state index is 0.219. The average molecular weight is 428 g/mol. The molecule has 0 spiro atoms. The highest BCUT2D eigenvalue weighted by Gasteiger charge is 2.13. The summed E-state index contributed by atoms with van der Waals surface area (Å²) in [5, 5.41) is 0. The molecule has 0 aliphatic carbocycles. The van der Waals surface area contributed by atoms with Crippen LogP contribution >= 0.6 is 0 Å². The Labute approximate surface area is 194 Å². The van der Waals surface area contributed by atoms with E-state index in [1.165, 1.54) is 22.3 Å². The molecule has 5 aromatic rings. The van der Waals surface area contributed by atoms with Gasteiger partial charge in [0.1, 0.15) is 5.82 Å². The normalized spacial score (nSPS) is 11.0. The molecule has 4 aromatic carbocycles. The quantitative estimate of drug-likeness (QED) is 0.289. The van der Waals surface area contributed by atoms with Gasteiger partial charge in [-0.2, -0.15) is 0 Å². The third-order valence-electron chi connectivity index (χ3n) is 5.67. The van der Waals surface area contributed by atoms with Crippen LogP contribution in [-0.2, 0) is 0 Å². The van der Waals surface area contributed by atoms with Crippen LogP contribution in [0.2, 0.25) is 0 Å². The molecule has 5 rings (SSSR count). The molecule has 3 nitrogen and oxygen atoms in total. The predicted octanol–water partition coefficient (Wildman–Crippen LogP) is 7.66.